The third-order valence-corrected chi connectivity index (χ3v) is 2.51. The molecular weight excluding hydrogens is 244 g/mol. The maximum atomic E-state index is 11.7. The molecule has 19 heavy (non-hydrogen) atoms. The number of nitrogens with one attached hydrogen (secondary N) is 1. The molecule has 0 spiro atoms. The lowest BCUT2D eigenvalue weighted by Gasteiger charge is -2.19. The zero-order valence-electron chi connectivity index (χ0n) is 11.8. The minimum Gasteiger partial charge on any atom is -0.444 e. The molecule has 2 aromatic heterocycles. The number of aromatic nitrogens is 3. The van der Waals surface area contributed by atoms with E-state index in [0.717, 1.165) is 16.7 Å². The highest BCUT2D eigenvalue weighted by Gasteiger charge is 2.16. The summed E-state index contributed by atoms with van der Waals surface area (Å²) in [6, 6.07) is 1.84. The summed E-state index contributed by atoms with van der Waals surface area (Å²) in [5.41, 5.74) is 1.73. The lowest BCUT2D eigenvalue weighted by atomic mass is 10.2. The van der Waals surface area contributed by atoms with Crippen LogP contribution in [0.2, 0.25) is 0 Å². The number of hydrogen-bond donors (Lipinski definition) is 1. The summed E-state index contributed by atoms with van der Waals surface area (Å²) in [7, 11) is 1.84. The van der Waals surface area contributed by atoms with Gasteiger partial charge in [-0.2, -0.15) is 5.10 Å². The summed E-state index contributed by atoms with van der Waals surface area (Å²) in [5, 5.41) is 7.86. The predicted octanol–water partition coefficient (Wildman–Crippen LogP) is 2.62. The van der Waals surface area contributed by atoms with Gasteiger partial charge in [-0.3, -0.25) is 10.00 Å². The van der Waals surface area contributed by atoms with Crippen LogP contribution in [-0.4, -0.2) is 26.5 Å². The normalized spacial score (nSPS) is 11.6. The van der Waals surface area contributed by atoms with Crippen LogP contribution in [0.1, 0.15) is 26.5 Å². The van der Waals surface area contributed by atoms with Gasteiger partial charge in [-0.15, -0.1) is 0 Å². The predicted molar refractivity (Wildman–Crippen MR) is 73.1 cm³/mol. The molecule has 102 valence electrons. The Morgan fingerprint density at radius 3 is 2.74 bits per heavy atom. The van der Waals surface area contributed by atoms with Crippen LogP contribution in [0, 0.1) is 6.92 Å². The van der Waals surface area contributed by atoms with Crippen LogP contribution in [0.3, 0.4) is 0 Å². The van der Waals surface area contributed by atoms with E-state index in [1.807, 2.05) is 40.8 Å². The first-order chi connectivity index (χ1) is 8.76. The Morgan fingerprint density at radius 2 is 2.11 bits per heavy atom. The number of anilines is 1. The summed E-state index contributed by atoms with van der Waals surface area (Å²) in [4.78, 5) is 16.0. The van der Waals surface area contributed by atoms with E-state index in [4.69, 9.17) is 4.74 Å². The Kier molecular flexibility index (Phi) is 3.18. The lowest BCUT2D eigenvalue weighted by molar-refractivity contribution is 0.0636. The molecule has 1 N–H and O–H groups in total. The van der Waals surface area contributed by atoms with Gasteiger partial charge in [0.25, 0.3) is 0 Å². The molecule has 2 aromatic rings. The van der Waals surface area contributed by atoms with Gasteiger partial charge in [0.05, 0.1) is 17.6 Å². The van der Waals surface area contributed by atoms with Crippen molar-refractivity contribution in [2.75, 3.05) is 5.32 Å². The molecule has 0 fully saturated rings. The highest BCUT2D eigenvalue weighted by molar-refractivity contribution is 5.89. The van der Waals surface area contributed by atoms with E-state index in [9.17, 15) is 4.79 Å². The minimum absolute atomic E-state index is 0.491. The minimum atomic E-state index is -0.522. The van der Waals surface area contributed by atoms with Gasteiger partial charge in [-0.25, -0.2) is 9.78 Å². The van der Waals surface area contributed by atoms with Crippen molar-refractivity contribution in [3.05, 3.63) is 18.0 Å². The van der Waals surface area contributed by atoms with Crippen molar-refractivity contribution < 1.29 is 9.53 Å². The second kappa shape index (κ2) is 4.53. The first-order valence-corrected chi connectivity index (χ1v) is 6.05. The number of ether oxygens (including phenoxy) is 1. The Morgan fingerprint density at radius 1 is 1.42 bits per heavy atom. The first kappa shape index (κ1) is 13.3. The van der Waals surface area contributed by atoms with Crippen molar-refractivity contribution in [2.24, 2.45) is 7.05 Å². The summed E-state index contributed by atoms with van der Waals surface area (Å²) < 4.78 is 6.90. The number of fused-ring (bicyclic) bond motifs is 1. The largest absolute Gasteiger partial charge is 0.444 e. The Bertz CT molecular complexity index is 625. The average Bonchev–Trinajstić information content (AvgIpc) is 2.51. The number of aryl methyl sites for hydroxylation is 2. The van der Waals surface area contributed by atoms with Gasteiger partial charge in [0.1, 0.15) is 5.60 Å². The van der Waals surface area contributed by atoms with Crippen LogP contribution < -0.4 is 5.32 Å². The molecule has 2 heterocycles. The fourth-order valence-electron chi connectivity index (χ4n) is 1.80. The molecule has 0 radical (unpaired) electrons. The Hall–Kier alpha value is -2.11. The second-order valence-corrected chi connectivity index (χ2v) is 5.43. The molecule has 1 amide bonds. The SMILES string of the molecule is Cc1nn(C)c2ncc(NC(=O)OC(C)(C)C)cc12. The quantitative estimate of drug-likeness (QED) is 0.857. The molecule has 6 heteroatoms. The van der Waals surface area contributed by atoms with E-state index in [2.05, 4.69) is 15.4 Å². The molecule has 6 nitrogen and oxygen atoms in total. The van der Waals surface area contributed by atoms with Crippen molar-refractivity contribution >= 4 is 22.8 Å². The van der Waals surface area contributed by atoms with Crippen LogP contribution in [0.4, 0.5) is 10.5 Å². The first-order valence-electron chi connectivity index (χ1n) is 6.05. The van der Waals surface area contributed by atoms with Crippen molar-refractivity contribution in [3.8, 4) is 0 Å². The van der Waals surface area contributed by atoms with Gasteiger partial charge in [-0.05, 0) is 33.8 Å². The molecule has 0 aliphatic rings. The van der Waals surface area contributed by atoms with E-state index in [-0.39, 0.29) is 0 Å². The summed E-state index contributed by atoms with van der Waals surface area (Å²) in [5.74, 6) is 0. The molecule has 2 rings (SSSR count). The van der Waals surface area contributed by atoms with Crippen LogP contribution in [0.25, 0.3) is 11.0 Å². The highest BCUT2D eigenvalue weighted by atomic mass is 16.6. The molecule has 0 atom stereocenters. The van der Waals surface area contributed by atoms with Gasteiger partial charge in [0, 0.05) is 12.4 Å². The smallest absolute Gasteiger partial charge is 0.412 e. The van der Waals surface area contributed by atoms with Crippen molar-refractivity contribution in [2.45, 2.75) is 33.3 Å². The molecule has 0 aliphatic carbocycles. The Balaban J connectivity index is 2.22. The van der Waals surface area contributed by atoms with Gasteiger partial charge in [0.2, 0.25) is 0 Å². The number of rotatable bonds is 1. The van der Waals surface area contributed by atoms with Crippen LogP contribution in [-0.2, 0) is 11.8 Å². The average molecular weight is 262 g/mol. The van der Waals surface area contributed by atoms with Gasteiger partial charge < -0.3 is 4.74 Å². The van der Waals surface area contributed by atoms with Crippen molar-refractivity contribution in [3.63, 3.8) is 0 Å². The van der Waals surface area contributed by atoms with Crippen molar-refractivity contribution in [1.82, 2.24) is 14.8 Å². The van der Waals surface area contributed by atoms with Crippen LogP contribution in [0.5, 0.6) is 0 Å². The molecule has 0 bridgehead atoms. The fourth-order valence-corrected chi connectivity index (χ4v) is 1.80. The fraction of sp³-hybridized carbons (Fsp3) is 0.462. The third-order valence-electron chi connectivity index (χ3n) is 2.51. The summed E-state index contributed by atoms with van der Waals surface area (Å²) in [6.07, 6.45) is 1.10. The van der Waals surface area contributed by atoms with E-state index in [0.29, 0.717) is 5.69 Å². The third kappa shape index (κ3) is 3.01. The molecule has 0 aromatic carbocycles. The maximum Gasteiger partial charge on any atom is 0.412 e. The zero-order valence-corrected chi connectivity index (χ0v) is 11.8. The molecule has 0 saturated heterocycles. The van der Waals surface area contributed by atoms with Gasteiger partial charge in [-0.1, -0.05) is 0 Å². The monoisotopic (exact) mass is 262 g/mol. The number of carbonyl (C=O) groups excluding carboxylic acids is 1. The summed E-state index contributed by atoms with van der Waals surface area (Å²) >= 11 is 0. The van der Waals surface area contributed by atoms with E-state index in [1.165, 1.54) is 0 Å². The topological polar surface area (TPSA) is 69.0 Å². The van der Waals surface area contributed by atoms with Crippen LogP contribution >= 0.6 is 0 Å². The zero-order chi connectivity index (χ0) is 14.2. The maximum absolute atomic E-state index is 11.7. The van der Waals surface area contributed by atoms with Gasteiger partial charge >= 0.3 is 6.09 Å². The van der Waals surface area contributed by atoms with Crippen LogP contribution in [0.15, 0.2) is 12.3 Å². The van der Waals surface area contributed by atoms with E-state index < -0.39 is 11.7 Å². The molecule has 0 aliphatic heterocycles. The van der Waals surface area contributed by atoms with E-state index in [1.54, 1.807) is 10.9 Å². The molecule has 0 unspecified atom stereocenters. The number of pyridine rings is 1. The number of carbonyl (C=O) groups is 1. The number of amides is 1. The highest BCUT2D eigenvalue weighted by Crippen LogP contribution is 2.19. The lowest BCUT2D eigenvalue weighted by Crippen LogP contribution is -2.27. The Labute approximate surface area is 111 Å². The standard InChI is InChI=1S/C13H18N4O2/c1-8-10-6-9(7-14-11(10)17(5)16-8)15-12(18)19-13(2,3)4/h6-7H,1-5H3,(H,15,18). The number of nitrogens with zero attached hydrogens (tertiary/aromatic N) is 3. The van der Waals surface area contributed by atoms with Gasteiger partial charge in [0.15, 0.2) is 5.65 Å². The summed E-state index contributed by atoms with van der Waals surface area (Å²) in [6.45, 7) is 7.36. The second-order valence-electron chi connectivity index (χ2n) is 5.43. The number of hydrogen-bond acceptors (Lipinski definition) is 4. The van der Waals surface area contributed by atoms with Crippen molar-refractivity contribution in [1.29, 1.82) is 0 Å². The molecule has 0 saturated carbocycles. The van der Waals surface area contributed by atoms with E-state index >= 15 is 0 Å². The molecular formula is C13H18N4O2.